The van der Waals surface area contributed by atoms with Gasteiger partial charge in [-0.1, -0.05) is 18.3 Å². The molecule has 0 radical (unpaired) electrons. The molecule has 5 heteroatoms. The Bertz CT molecular complexity index is 440. The molecule has 0 aromatic carbocycles. The molecule has 1 aliphatic rings. The van der Waals surface area contributed by atoms with Crippen molar-refractivity contribution in [3.63, 3.8) is 0 Å². The average Bonchev–Trinajstić information content (AvgIpc) is 2.67. The lowest BCUT2D eigenvalue weighted by atomic mass is 9.91. The molecule has 0 saturated carbocycles. The minimum absolute atomic E-state index is 0.123. The minimum atomic E-state index is 0.123. The summed E-state index contributed by atoms with van der Waals surface area (Å²) in [5.41, 5.74) is 1.04. The summed E-state index contributed by atoms with van der Waals surface area (Å²) in [6.07, 6.45) is 2.38. The summed E-state index contributed by atoms with van der Waals surface area (Å²) >= 11 is 1.26. The molecule has 2 unspecified atom stereocenters. The summed E-state index contributed by atoms with van der Waals surface area (Å²) < 4.78 is 1.83. The monoisotopic (exact) mass is 270 g/mol. The Morgan fingerprint density at radius 3 is 2.89 bits per heavy atom. The van der Waals surface area contributed by atoms with Crippen molar-refractivity contribution >= 4 is 11.3 Å². The summed E-state index contributed by atoms with van der Waals surface area (Å²) in [5.74, 6) is 0.545. The molecule has 1 aliphatic heterocycles. The second-order valence-electron chi connectivity index (χ2n) is 5.20. The lowest BCUT2D eigenvalue weighted by Gasteiger charge is -2.39. The summed E-state index contributed by atoms with van der Waals surface area (Å²) in [6.45, 7) is 7.02. The van der Waals surface area contributed by atoms with Crippen LogP contribution in [0.4, 0.5) is 0 Å². The second kappa shape index (κ2) is 5.99. The third-order valence-corrected chi connectivity index (χ3v) is 4.89. The fraction of sp³-hybridized carbons (Fsp3) is 0.769. The summed E-state index contributed by atoms with van der Waals surface area (Å²) in [7, 11) is 0. The highest BCUT2D eigenvalue weighted by atomic mass is 32.1. The number of nitrogens with zero attached hydrogens (tertiary/aromatic N) is 2. The first kappa shape index (κ1) is 13.8. The van der Waals surface area contributed by atoms with Gasteiger partial charge in [0.2, 0.25) is 0 Å². The van der Waals surface area contributed by atoms with Crippen LogP contribution in [0.3, 0.4) is 0 Å². The van der Waals surface area contributed by atoms with Gasteiger partial charge in [0.15, 0.2) is 0 Å². The highest BCUT2D eigenvalue weighted by molar-refractivity contribution is 7.07. The van der Waals surface area contributed by atoms with Crippen LogP contribution in [0.2, 0.25) is 0 Å². The van der Waals surface area contributed by atoms with E-state index in [1.54, 1.807) is 0 Å². The van der Waals surface area contributed by atoms with Gasteiger partial charge in [0.05, 0.1) is 6.61 Å². The van der Waals surface area contributed by atoms with Gasteiger partial charge in [-0.25, -0.2) is 0 Å². The number of hydrogen-bond donors (Lipinski definition) is 1. The molecular formula is C13H22N2O2S. The number of aliphatic hydroxyl groups is 1. The zero-order valence-electron chi connectivity index (χ0n) is 11.1. The first-order valence-corrected chi connectivity index (χ1v) is 7.51. The van der Waals surface area contributed by atoms with E-state index in [4.69, 9.17) is 0 Å². The number of aryl methyl sites for hydroxylation is 1. The zero-order chi connectivity index (χ0) is 13.1. The number of thiazole rings is 1. The fourth-order valence-electron chi connectivity index (χ4n) is 2.81. The predicted octanol–water partition coefficient (Wildman–Crippen LogP) is 1.31. The van der Waals surface area contributed by atoms with Crippen LogP contribution in [0, 0.1) is 12.8 Å². The molecule has 1 N–H and O–H groups in total. The van der Waals surface area contributed by atoms with Crippen LogP contribution in [-0.2, 0) is 6.54 Å². The number of aliphatic hydroxyl groups excluding tert-OH is 1. The lowest BCUT2D eigenvalue weighted by Crippen LogP contribution is -2.48. The average molecular weight is 270 g/mol. The molecule has 1 saturated heterocycles. The Balaban J connectivity index is 1.99. The molecule has 2 rings (SSSR count). The molecule has 0 bridgehead atoms. The molecule has 2 heterocycles. The quantitative estimate of drug-likeness (QED) is 0.897. The minimum Gasteiger partial charge on any atom is -0.395 e. The van der Waals surface area contributed by atoms with E-state index in [-0.39, 0.29) is 17.5 Å². The lowest BCUT2D eigenvalue weighted by molar-refractivity contribution is 0.0503. The number of piperidine rings is 1. The molecule has 1 aromatic rings. The van der Waals surface area contributed by atoms with E-state index in [9.17, 15) is 9.90 Å². The van der Waals surface area contributed by atoms with Crippen LogP contribution in [0.25, 0.3) is 0 Å². The molecule has 1 aromatic heterocycles. The maximum atomic E-state index is 11.6. The predicted molar refractivity (Wildman–Crippen MR) is 74.2 cm³/mol. The molecule has 0 spiro atoms. The fourth-order valence-corrected chi connectivity index (χ4v) is 3.57. The van der Waals surface area contributed by atoms with Crippen molar-refractivity contribution in [1.29, 1.82) is 0 Å². The van der Waals surface area contributed by atoms with Crippen molar-refractivity contribution in [2.45, 2.75) is 39.3 Å². The highest BCUT2D eigenvalue weighted by Gasteiger charge is 2.27. The molecule has 102 valence electrons. The number of hydrogen-bond acceptors (Lipinski definition) is 4. The summed E-state index contributed by atoms with van der Waals surface area (Å²) in [6, 6.07) is 0.258. The topological polar surface area (TPSA) is 45.5 Å². The van der Waals surface area contributed by atoms with Crippen LogP contribution >= 0.6 is 11.3 Å². The van der Waals surface area contributed by atoms with E-state index in [1.807, 2.05) is 16.9 Å². The van der Waals surface area contributed by atoms with Gasteiger partial charge >= 0.3 is 4.87 Å². The smallest absolute Gasteiger partial charge is 0.307 e. The summed E-state index contributed by atoms with van der Waals surface area (Å²) in [5, 5.41) is 11.4. The second-order valence-corrected chi connectivity index (χ2v) is 6.02. The van der Waals surface area contributed by atoms with Crippen LogP contribution in [0.5, 0.6) is 0 Å². The number of likely N-dealkylation sites (tertiary alicyclic amines) is 1. The van der Waals surface area contributed by atoms with E-state index in [0.29, 0.717) is 5.92 Å². The van der Waals surface area contributed by atoms with Gasteiger partial charge < -0.3 is 9.67 Å². The number of aromatic nitrogens is 1. The maximum Gasteiger partial charge on any atom is 0.307 e. The van der Waals surface area contributed by atoms with Gasteiger partial charge in [-0.15, -0.1) is 0 Å². The normalized spacial score (nSPS) is 25.5. The van der Waals surface area contributed by atoms with Crippen molar-refractivity contribution in [2.75, 3.05) is 19.7 Å². The van der Waals surface area contributed by atoms with Crippen LogP contribution < -0.4 is 4.87 Å². The molecule has 0 aliphatic carbocycles. The molecule has 2 atom stereocenters. The van der Waals surface area contributed by atoms with Crippen molar-refractivity contribution in [1.82, 2.24) is 9.47 Å². The SMILES string of the molecule is Cc1csc(=O)n1CCN1CCCC(C)C1CO. The van der Waals surface area contributed by atoms with Gasteiger partial charge in [-0.3, -0.25) is 9.69 Å². The third kappa shape index (κ3) is 2.84. The Hall–Kier alpha value is -0.650. The first-order valence-electron chi connectivity index (χ1n) is 6.63. The molecular weight excluding hydrogens is 248 g/mol. The van der Waals surface area contributed by atoms with Crippen LogP contribution in [0.1, 0.15) is 25.5 Å². The molecule has 1 fully saturated rings. The van der Waals surface area contributed by atoms with Crippen molar-refractivity contribution in [3.8, 4) is 0 Å². The summed E-state index contributed by atoms with van der Waals surface area (Å²) in [4.78, 5) is 14.1. The standard InChI is InChI=1S/C13H22N2O2S/c1-10-4-3-5-14(12(10)8-16)6-7-15-11(2)9-18-13(15)17/h9-10,12,16H,3-8H2,1-2H3. The van der Waals surface area contributed by atoms with Gasteiger partial charge in [0, 0.05) is 30.2 Å². The Labute approximate surface area is 112 Å². The van der Waals surface area contributed by atoms with Crippen molar-refractivity contribution in [2.24, 2.45) is 5.92 Å². The van der Waals surface area contributed by atoms with E-state index in [1.165, 1.54) is 24.2 Å². The highest BCUT2D eigenvalue weighted by Crippen LogP contribution is 2.22. The maximum absolute atomic E-state index is 11.6. The Kier molecular flexibility index (Phi) is 4.59. The van der Waals surface area contributed by atoms with E-state index in [2.05, 4.69) is 11.8 Å². The van der Waals surface area contributed by atoms with Crippen molar-refractivity contribution < 1.29 is 5.11 Å². The molecule has 0 amide bonds. The van der Waals surface area contributed by atoms with Crippen molar-refractivity contribution in [3.05, 3.63) is 20.7 Å². The molecule has 18 heavy (non-hydrogen) atoms. The van der Waals surface area contributed by atoms with Gasteiger partial charge in [0.25, 0.3) is 0 Å². The van der Waals surface area contributed by atoms with E-state index in [0.717, 1.165) is 25.3 Å². The largest absolute Gasteiger partial charge is 0.395 e. The van der Waals surface area contributed by atoms with Gasteiger partial charge in [0.1, 0.15) is 0 Å². The third-order valence-electron chi connectivity index (χ3n) is 4.00. The molecule has 4 nitrogen and oxygen atoms in total. The van der Waals surface area contributed by atoms with Crippen LogP contribution in [-0.4, -0.2) is 40.3 Å². The Morgan fingerprint density at radius 1 is 1.50 bits per heavy atom. The van der Waals surface area contributed by atoms with Gasteiger partial charge in [-0.05, 0) is 32.2 Å². The zero-order valence-corrected chi connectivity index (χ0v) is 11.9. The van der Waals surface area contributed by atoms with Gasteiger partial charge in [-0.2, -0.15) is 0 Å². The number of rotatable bonds is 4. The van der Waals surface area contributed by atoms with E-state index >= 15 is 0 Å². The Morgan fingerprint density at radius 2 is 2.28 bits per heavy atom. The first-order chi connectivity index (χ1) is 8.63. The van der Waals surface area contributed by atoms with Crippen LogP contribution in [0.15, 0.2) is 10.2 Å². The van der Waals surface area contributed by atoms with E-state index < -0.39 is 0 Å².